The first-order valence-electron chi connectivity index (χ1n) is 10.1. The van der Waals surface area contributed by atoms with E-state index in [1.807, 2.05) is 19.1 Å². The van der Waals surface area contributed by atoms with Crippen LogP contribution in [0.3, 0.4) is 0 Å². The van der Waals surface area contributed by atoms with Gasteiger partial charge in [0.2, 0.25) is 0 Å². The zero-order valence-corrected chi connectivity index (χ0v) is 19.5. The van der Waals surface area contributed by atoms with Crippen molar-refractivity contribution >= 4 is 44.4 Å². The molecule has 7 heteroatoms. The minimum absolute atomic E-state index is 0.227. The minimum Gasteiger partial charge on any atom is -0.332 e. The van der Waals surface area contributed by atoms with E-state index in [-0.39, 0.29) is 4.90 Å². The molecule has 0 fully saturated rings. The largest absolute Gasteiger partial charge is 0.332 e. The highest BCUT2D eigenvalue weighted by atomic mass is 32.2. The van der Waals surface area contributed by atoms with Crippen LogP contribution in [-0.2, 0) is 10.0 Å². The van der Waals surface area contributed by atoms with E-state index in [4.69, 9.17) is 12.2 Å². The van der Waals surface area contributed by atoms with Crippen LogP contribution in [0.2, 0.25) is 0 Å². The van der Waals surface area contributed by atoms with Crippen molar-refractivity contribution < 1.29 is 8.42 Å². The second-order valence-corrected chi connectivity index (χ2v) is 9.60. The van der Waals surface area contributed by atoms with Crippen LogP contribution < -0.4 is 15.4 Å². The first-order chi connectivity index (χ1) is 14.8. The zero-order valence-electron chi connectivity index (χ0n) is 17.8. The van der Waals surface area contributed by atoms with Gasteiger partial charge >= 0.3 is 0 Å². The molecule has 0 aliphatic heterocycles. The number of nitrogens with one attached hydrogen (secondary N) is 3. The van der Waals surface area contributed by atoms with E-state index in [1.54, 1.807) is 48.5 Å². The smallest absolute Gasteiger partial charge is 0.261 e. The van der Waals surface area contributed by atoms with Gasteiger partial charge in [-0.1, -0.05) is 43.7 Å². The molecule has 0 aliphatic rings. The maximum Gasteiger partial charge on any atom is 0.261 e. The molecule has 0 heterocycles. The second-order valence-electron chi connectivity index (χ2n) is 7.51. The van der Waals surface area contributed by atoms with E-state index >= 15 is 0 Å². The minimum atomic E-state index is -3.63. The van der Waals surface area contributed by atoms with E-state index in [1.165, 1.54) is 5.56 Å². The fraction of sp³-hybridized carbons (Fsp3) is 0.208. The molecule has 0 radical (unpaired) electrons. The lowest BCUT2D eigenvalue weighted by molar-refractivity contribution is 0.601. The number of aryl methyl sites for hydroxylation is 1. The summed E-state index contributed by atoms with van der Waals surface area (Å²) in [4.78, 5) is 0.227. The fourth-order valence-electron chi connectivity index (χ4n) is 2.98. The molecule has 5 nitrogen and oxygen atoms in total. The fourth-order valence-corrected chi connectivity index (χ4v) is 4.27. The Hall–Kier alpha value is -2.90. The lowest BCUT2D eigenvalue weighted by Crippen LogP contribution is -2.19. The van der Waals surface area contributed by atoms with Crippen molar-refractivity contribution in [1.82, 2.24) is 0 Å². The zero-order chi connectivity index (χ0) is 22.4. The van der Waals surface area contributed by atoms with Crippen molar-refractivity contribution in [1.29, 1.82) is 0 Å². The molecule has 0 spiro atoms. The Kier molecular flexibility index (Phi) is 7.30. The van der Waals surface area contributed by atoms with Gasteiger partial charge in [0.15, 0.2) is 5.11 Å². The average molecular weight is 454 g/mol. The number of anilines is 3. The molecular weight excluding hydrogens is 426 g/mol. The molecule has 0 bridgehead atoms. The summed E-state index contributed by atoms with van der Waals surface area (Å²) < 4.78 is 27.6. The molecule has 3 aromatic rings. The van der Waals surface area contributed by atoms with Crippen LogP contribution >= 0.6 is 12.2 Å². The molecule has 162 valence electrons. The molecule has 0 saturated carbocycles. The van der Waals surface area contributed by atoms with Gasteiger partial charge in [-0.2, -0.15) is 0 Å². The molecule has 0 amide bonds. The third kappa shape index (κ3) is 6.29. The van der Waals surface area contributed by atoms with Crippen molar-refractivity contribution in [3.63, 3.8) is 0 Å². The third-order valence-electron chi connectivity index (χ3n) is 5.08. The number of rotatable bonds is 7. The van der Waals surface area contributed by atoms with Gasteiger partial charge in [0, 0.05) is 17.1 Å². The standard InChI is InChI=1S/C24H27N3O2S2/c1-4-18(3)19-7-9-20(10-8-19)25-24(30)26-21-11-13-22(14-12-21)27-31(28,29)23-15-5-17(2)6-16-23/h5-16,18,27H,4H2,1-3H3,(H2,25,26,30)/t18-/m1/s1. The van der Waals surface area contributed by atoms with Crippen molar-refractivity contribution in [2.75, 3.05) is 15.4 Å². The first-order valence-corrected chi connectivity index (χ1v) is 12.0. The molecule has 3 aromatic carbocycles. The Balaban J connectivity index is 1.58. The number of thiocarbonyl (C=S) groups is 1. The van der Waals surface area contributed by atoms with Crippen molar-refractivity contribution in [2.24, 2.45) is 0 Å². The predicted octanol–water partition coefficient (Wildman–Crippen LogP) is 6.12. The highest BCUT2D eigenvalue weighted by molar-refractivity contribution is 7.92. The van der Waals surface area contributed by atoms with Gasteiger partial charge in [-0.3, -0.25) is 4.72 Å². The number of hydrogen-bond donors (Lipinski definition) is 3. The number of benzene rings is 3. The maximum atomic E-state index is 12.5. The van der Waals surface area contributed by atoms with Gasteiger partial charge in [-0.25, -0.2) is 8.42 Å². The predicted molar refractivity (Wildman–Crippen MR) is 133 cm³/mol. The van der Waals surface area contributed by atoms with Crippen molar-refractivity contribution in [2.45, 2.75) is 38.0 Å². The summed E-state index contributed by atoms with van der Waals surface area (Å²) in [6.07, 6.45) is 1.10. The van der Waals surface area contributed by atoms with Gasteiger partial charge in [-0.15, -0.1) is 0 Å². The van der Waals surface area contributed by atoms with Crippen LogP contribution in [0.4, 0.5) is 17.1 Å². The van der Waals surface area contributed by atoms with Crippen molar-refractivity contribution in [3.05, 3.63) is 83.9 Å². The summed E-state index contributed by atoms with van der Waals surface area (Å²) in [5, 5.41) is 6.73. The SMILES string of the molecule is CC[C@@H](C)c1ccc(NC(=S)Nc2ccc(NS(=O)(=O)c3ccc(C)cc3)cc2)cc1. The summed E-state index contributed by atoms with van der Waals surface area (Å²) in [5.74, 6) is 0.529. The van der Waals surface area contributed by atoms with Gasteiger partial charge in [0.25, 0.3) is 10.0 Å². The van der Waals surface area contributed by atoms with Gasteiger partial charge in [0.1, 0.15) is 0 Å². The van der Waals surface area contributed by atoms with Crippen LogP contribution in [0.25, 0.3) is 0 Å². The van der Waals surface area contributed by atoms with Crippen LogP contribution in [0, 0.1) is 6.92 Å². The topological polar surface area (TPSA) is 70.2 Å². The Labute approximate surface area is 190 Å². The Morgan fingerprint density at radius 3 is 1.84 bits per heavy atom. The Bertz CT molecular complexity index is 1120. The van der Waals surface area contributed by atoms with Gasteiger partial charge in [-0.05, 0) is 85.6 Å². The average Bonchev–Trinajstić information content (AvgIpc) is 2.75. The highest BCUT2D eigenvalue weighted by Gasteiger charge is 2.13. The van der Waals surface area contributed by atoms with Crippen LogP contribution in [-0.4, -0.2) is 13.5 Å². The number of sulfonamides is 1. The summed E-state index contributed by atoms with van der Waals surface area (Å²) in [6, 6.07) is 21.9. The summed E-state index contributed by atoms with van der Waals surface area (Å²) >= 11 is 5.39. The van der Waals surface area contributed by atoms with E-state index < -0.39 is 10.0 Å². The molecule has 3 rings (SSSR count). The summed E-state index contributed by atoms with van der Waals surface area (Å²) in [5.41, 5.74) is 4.45. The van der Waals surface area contributed by atoms with E-state index in [2.05, 4.69) is 41.3 Å². The highest BCUT2D eigenvalue weighted by Crippen LogP contribution is 2.21. The second kappa shape index (κ2) is 9.94. The normalized spacial score (nSPS) is 12.1. The van der Waals surface area contributed by atoms with E-state index in [9.17, 15) is 8.42 Å². The van der Waals surface area contributed by atoms with Crippen LogP contribution in [0.1, 0.15) is 37.3 Å². The molecule has 0 aromatic heterocycles. The molecular formula is C24H27N3O2S2. The molecule has 0 aliphatic carbocycles. The molecule has 31 heavy (non-hydrogen) atoms. The van der Waals surface area contributed by atoms with Crippen LogP contribution in [0.5, 0.6) is 0 Å². The van der Waals surface area contributed by atoms with E-state index in [0.29, 0.717) is 16.7 Å². The summed E-state index contributed by atoms with van der Waals surface area (Å²) in [7, 11) is -3.63. The monoisotopic (exact) mass is 453 g/mol. The Morgan fingerprint density at radius 2 is 1.32 bits per heavy atom. The summed E-state index contributed by atoms with van der Waals surface area (Å²) in [6.45, 7) is 6.30. The van der Waals surface area contributed by atoms with Crippen molar-refractivity contribution in [3.8, 4) is 0 Å². The quantitative estimate of drug-likeness (QED) is 0.376. The van der Waals surface area contributed by atoms with Gasteiger partial charge in [0.05, 0.1) is 4.90 Å². The number of hydrogen-bond acceptors (Lipinski definition) is 3. The van der Waals surface area contributed by atoms with Crippen LogP contribution in [0.15, 0.2) is 77.7 Å². The first kappa shape index (κ1) is 22.8. The van der Waals surface area contributed by atoms with Gasteiger partial charge < -0.3 is 10.6 Å². The third-order valence-corrected chi connectivity index (χ3v) is 6.68. The lowest BCUT2D eigenvalue weighted by atomic mass is 9.99. The lowest BCUT2D eigenvalue weighted by Gasteiger charge is -2.13. The molecule has 3 N–H and O–H groups in total. The molecule has 0 unspecified atom stereocenters. The molecule has 0 saturated heterocycles. The molecule has 1 atom stereocenters. The van der Waals surface area contributed by atoms with E-state index in [0.717, 1.165) is 23.4 Å². The Morgan fingerprint density at radius 1 is 0.839 bits per heavy atom. The maximum absolute atomic E-state index is 12.5.